The third-order valence-electron chi connectivity index (χ3n) is 4.47. The number of hydrogen-bond donors (Lipinski definition) is 3. The number of hydrogen-bond acceptors (Lipinski definition) is 2. The van der Waals surface area contributed by atoms with E-state index in [1.807, 2.05) is 57.3 Å². The van der Waals surface area contributed by atoms with Crippen molar-refractivity contribution in [2.45, 2.75) is 45.9 Å². The molecule has 0 aliphatic heterocycles. The summed E-state index contributed by atoms with van der Waals surface area (Å²) in [6, 6.07) is 16.1. The molecular formula is C23H29N3O2. The standard InChI is InChI=1S/C23H29N3O2/c1-23(2,3)28-16-18-8-6-7-17(13-18)14-26-22(27)24-12-11-19-15-25-21-10-5-4-9-20(19)21/h4-10,13,15,25H,11-12,14,16H2,1-3H3,(H2,24,26,27). The quantitative estimate of drug-likeness (QED) is 0.565. The van der Waals surface area contributed by atoms with Gasteiger partial charge in [0.05, 0.1) is 12.2 Å². The van der Waals surface area contributed by atoms with Crippen LogP contribution < -0.4 is 10.6 Å². The molecule has 0 atom stereocenters. The molecule has 0 aliphatic rings. The van der Waals surface area contributed by atoms with Gasteiger partial charge in [-0.1, -0.05) is 42.5 Å². The van der Waals surface area contributed by atoms with E-state index in [4.69, 9.17) is 4.74 Å². The van der Waals surface area contributed by atoms with Gasteiger partial charge in [0.1, 0.15) is 0 Å². The predicted octanol–water partition coefficient (Wildman–Crippen LogP) is 4.52. The highest BCUT2D eigenvalue weighted by atomic mass is 16.5. The van der Waals surface area contributed by atoms with Crippen molar-refractivity contribution in [1.29, 1.82) is 0 Å². The molecule has 2 amide bonds. The molecule has 0 bridgehead atoms. The molecule has 0 saturated carbocycles. The second kappa shape index (κ2) is 8.93. The van der Waals surface area contributed by atoms with Crippen LogP contribution in [-0.2, 0) is 24.3 Å². The van der Waals surface area contributed by atoms with Crippen LogP contribution in [0.15, 0.2) is 54.7 Å². The molecule has 3 aromatic rings. The Morgan fingerprint density at radius 3 is 2.64 bits per heavy atom. The first-order valence-electron chi connectivity index (χ1n) is 9.69. The lowest BCUT2D eigenvalue weighted by molar-refractivity contribution is -0.0149. The summed E-state index contributed by atoms with van der Waals surface area (Å²) < 4.78 is 5.81. The molecule has 0 radical (unpaired) electrons. The fourth-order valence-corrected chi connectivity index (χ4v) is 3.02. The lowest BCUT2D eigenvalue weighted by atomic mass is 10.1. The number of benzene rings is 2. The number of carbonyl (C=O) groups excluding carboxylic acids is 1. The first-order valence-corrected chi connectivity index (χ1v) is 9.69. The van der Waals surface area contributed by atoms with E-state index in [2.05, 4.69) is 33.8 Å². The fraction of sp³-hybridized carbons (Fsp3) is 0.348. The molecule has 0 fully saturated rings. The fourth-order valence-electron chi connectivity index (χ4n) is 3.02. The van der Waals surface area contributed by atoms with Crippen LogP contribution in [0.1, 0.15) is 37.5 Å². The van der Waals surface area contributed by atoms with Crippen LogP contribution in [0.25, 0.3) is 10.9 Å². The summed E-state index contributed by atoms with van der Waals surface area (Å²) in [5, 5.41) is 7.05. The van der Waals surface area contributed by atoms with E-state index < -0.39 is 0 Å². The number of urea groups is 1. The van der Waals surface area contributed by atoms with Gasteiger partial charge in [-0.3, -0.25) is 0 Å². The minimum atomic E-state index is -0.168. The average Bonchev–Trinajstić information content (AvgIpc) is 3.08. The summed E-state index contributed by atoms with van der Waals surface area (Å²) >= 11 is 0. The summed E-state index contributed by atoms with van der Waals surface area (Å²) in [7, 11) is 0. The third kappa shape index (κ3) is 5.86. The highest BCUT2D eigenvalue weighted by Crippen LogP contribution is 2.17. The molecule has 5 heteroatoms. The maximum Gasteiger partial charge on any atom is 0.315 e. The van der Waals surface area contributed by atoms with Crippen LogP contribution in [-0.4, -0.2) is 23.2 Å². The van der Waals surface area contributed by atoms with E-state index in [9.17, 15) is 4.79 Å². The first-order chi connectivity index (χ1) is 13.4. The smallest absolute Gasteiger partial charge is 0.315 e. The molecule has 0 saturated heterocycles. The Bertz CT molecular complexity index is 925. The first kappa shape index (κ1) is 20.0. The van der Waals surface area contributed by atoms with E-state index >= 15 is 0 Å². The Morgan fingerprint density at radius 2 is 1.82 bits per heavy atom. The van der Waals surface area contributed by atoms with Crippen molar-refractivity contribution in [3.8, 4) is 0 Å². The zero-order valence-electron chi connectivity index (χ0n) is 16.8. The Balaban J connectivity index is 1.43. The van der Waals surface area contributed by atoms with E-state index in [1.165, 1.54) is 10.9 Å². The van der Waals surface area contributed by atoms with Gasteiger partial charge in [-0.05, 0) is 49.9 Å². The van der Waals surface area contributed by atoms with E-state index in [-0.39, 0.29) is 11.6 Å². The van der Waals surface area contributed by atoms with Crippen LogP contribution in [0.4, 0.5) is 4.79 Å². The number of aromatic amines is 1. The number of para-hydroxylation sites is 1. The second-order valence-electron chi connectivity index (χ2n) is 7.94. The monoisotopic (exact) mass is 379 g/mol. The number of nitrogens with one attached hydrogen (secondary N) is 3. The van der Waals surface area contributed by atoms with Crippen molar-refractivity contribution in [1.82, 2.24) is 15.6 Å². The SMILES string of the molecule is CC(C)(C)OCc1cccc(CNC(=O)NCCc2c[nH]c3ccccc23)c1. The van der Waals surface area contributed by atoms with Gasteiger partial charge in [-0.15, -0.1) is 0 Å². The van der Waals surface area contributed by atoms with Crippen molar-refractivity contribution in [3.63, 3.8) is 0 Å². The Hall–Kier alpha value is -2.79. The molecule has 0 aliphatic carbocycles. The number of fused-ring (bicyclic) bond motifs is 1. The maximum absolute atomic E-state index is 12.1. The van der Waals surface area contributed by atoms with Crippen LogP contribution in [0.2, 0.25) is 0 Å². The molecule has 1 aromatic heterocycles. The van der Waals surface area contributed by atoms with Crippen molar-refractivity contribution in [2.75, 3.05) is 6.54 Å². The normalized spacial score (nSPS) is 11.5. The lowest BCUT2D eigenvalue weighted by Gasteiger charge is -2.19. The zero-order chi connectivity index (χ0) is 20.0. The van der Waals surface area contributed by atoms with Crippen molar-refractivity contribution in [2.24, 2.45) is 0 Å². The van der Waals surface area contributed by atoms with Gasteiger partial charge in [0.2, 0.25) is 0 Å². The number of amides is 2. The molecule has 5 nitrogen and oxygen atoms in total. The summed E-state index contributed by atoms with van der Waals surface area (Å²) in [5.41, 5.74) is 4.33. The number of aromatic nitrogens is 1. The van der Waals surface area contributed by atoms with Crippen LogP contribution in [0.5, 0.6) is 0 Å². The zero-order valence-corrected chi connectivity index (χ0v) is 16.8. The Labute approximate surface area is 166 Å². The summed E-state index contributed by atoms with van der Waals surface area (Å²) in [6.45, 7) is 7.76. The Kier molecular flexibility index (Phi) is 6.37. The molecule has 148 valence electrons. The predicted molar refractivity (Wildman–Crippen MR) is 113 cm³/mol. The molecule has 3 rings (SSSR count). The summed E-state index contributed by atoms with van der Waals surface area (Å²) in [4.78, 5) is 15.4. The largest absolute Gasteiger partial charge is 0.371 e. The van der Waals surface area contributed by atoms with Gasteiger partial charge in [-0.25, -0.2) is 4.79 Å². The maximum atomic E-state index is 12.1. The number of H-pyrrole nitrogens is 1. The van der Waals surface area contributed by atoms with Crippen molar-refractivity contribution in [3.05, 3.63) is 71.4 Å². The minimum absolute atomic E-state index is 0.156. The molecule has 2 aromatic carbocycles. The van der Waals surface area contributed by atoms with Crippen LogP contribution in [0, 0.1) is 0 Å². The highest BCUT2D eigenvalue weighted by molar-refractivity contribution is 5.83. The molecule has 3 N–H and O–H groups in total. The second-order valence-corrected chi connectivity index (χ2v) is 7.94. The van der Waals surface area contributed by atoms with E-state index in [0.29, 0.717) is 19.7 Å². The molecule has 1 heterocycles. The van der Waals surface area contributed by atoms with Crippen LogP contribution in [0.3, 0.4) is 0 Å². The third-order valence-corrected chi connectivity index (χ3v) is 4.47. The average molecular weight is 380 g/mol. The van der Waals surface area contributed by atoms with Gasteiger partial charge in [0, 0.05) is 30.2 Å². The van der Waals surface area contributed by atoms with Gasteiger partial charge in [-0.2, -0.15) is 0 Å². The summed E-state index contributed by atoms with van der Waals surface area (Å²) in [6.07, 6.45) is 2.80. The molecule has 28 heavy (non-hydrogen) atoms. The minimum Gasteiger partial charge on any atom is -0.371 e. The number of rotatable bonds is 7. The number of ether oxygens (including phenoxy) is 1. The van der Waals surface area contributed by atoms with Gasteiger partial charge in [0.25, 0.3) is 0 Å². The van der Waals surface area contributed by atoms with Crippen LogP contribution >= 0.6 is 0 Å². The Morgan fingerprint density at radius 1 is 1.04 bits per heavy atom. The number of carbonyl (C=O) groups is 1. The molecule has 0 unspecified atom stereocenters. The van der Waals surface area contributed by atoms with Gasteiger partial charge in [0.15, 0.2) is 0 Å². The van der Waals surface area contributed by atoms with E-state index in [0.717, 1.165) is 23.1 Å². The molecule has 0 spiro atoms. The van der Waals surface area contributed by atoms with Crippen molar-refractivity contribution < 1.29 is 9.53 Å². The van der Waals surface area contributed by atoms with Gasteiger partial charge >= 0.3 is 6.03 Å². The van der Waals surface area contributed by atoms with Gasteiger partial charge < -0.3 is 20.4 Å². The summed E-state index contributed by atoms with van der Waals surface area (Å²) in [5.74, 6) is 0. The molecular weight excluding hydrogens is 350 g/mol. The highest BCUT2D eigenvalue weighted by Gasteiger charge is 2.10. The lowest BCUT2D eigenvalue weighted by Crippen LogP contribution is -2.36. The van der Waals surface area contributed by atoms with Crippen molar-refractivity contribution >= 4 is 16.9 Å². The van der Waals surface area contributed by atoms with E-state index in [1.54, 1.807) is 0 Å². The topological polar surface area (TPSA) is 66.2 Å².